The molecule has 0 aliphatic carbocycles. The van der Waals surface area contributed by atoms with Gasteiger partial charge in [0.05, 0.1) is 19.6 Å². The molecule has 1 heteroatoms. The Balaban J connectivity index is 2.40. The van der Waals surface area contributed by atoms with Crippen molar-refractivity contribution in [3.05, 3.63) is 29.8 Å². The first-order valence-electron chi connectivity index (χ1n) is 11.6. The summed E-state index contributed by atoms with van der Waals surface area (Å²) in [5.41, 5.74) is 2.91. The third-order valence-corrected chi connectivity index (χ3v) is 5.82. The van der Waals surface area contributed by atoms with E-state index in [1.165, 1.54) is 112 Å². The standard InChI is InChI=1S/C25H46N/c1-5-8-9-10-11-12-13-14-15-16-23-26(21-6-2,22-7-3)25-19-17-24(4)18-20-25/h17-20H,5-16,21-23H2,1-4H3/q+1. The highest BCUT2D eigenvalue weighted by Gasteiger charge is 2.27. The normalized spacial score (nSPS) is 11.8. The van der Waals surface area contributed by atoms with Crippen molar-refractivity contribution < 1.29 is 0 Å². The molecule has 0 bridgehead atoms. The van der Waals surface area contributed by atoms with E-state index in [0.717, 1.165) is 0 Å². The molecule has 0 aliphatic heterocycles. The molecule has 0 radical (unpaired) electrons. The van der Waals surface area contributed by atoms with Crippen LogP contribution in [0, 0.1) is 6.92 Å². The van der Waals surface area contributed by atoms with Crippen molar-refractivity contribution in [1.29, 1.82) is 0 Å². The maximum Gasteiger partial charge on any atom is 0.132 e. The number of benzene rings is 1. The fourth-order valence-corrected chi connectivity index (χ4v) is 4.34. The molecule has 150 valence electrons. The Labute approximate surface area is 164 Å². The SMILES string of the molecule is CCCCCCCCCCCC[N+](CCC)(CCC)c1ccc(C)cc1. The fraction of sp³-hybridized carbons (Fsp3) is 0.760. The van der Waals surface area contributed by atoms with Crippen LogP contribution in [0.2, 0.25) is 0 Å². The molecule has 0 fully saturated rings. The molecule has 0 unspecified atom stereocenters. The molecule has 0 saturated heterocycles. The Morgan fingerprint density at radius 1 is 0.538 bits per heavy atom. The zero-order valence-corrected chi connectivity index (χ0v) is 18.4. The number of aryl methyl sites for hydroxylation is 1. The third kappa shape index (κ3) is 8.71. The Hall–Kier alpha value is -0.820. The largest absolute Gasteiger partial charge is 0.291 e. The molecule has 0 N–H and O–H groups in total. The van der Waals surface area contributed by atoms with E-state index < -0.39 is 0 Å². The third-order valence-electron chi connectivity index (χ3n) is 5.82. The van der Waals surface area contributed by atoms with Crippen LogP contribution in [0.5, 0.6) is 0 Å². The van der Waals surface area contributed by atoms with Crippen molar-refractivity contribution in [3.63, 3.8) is 0 Å². The van der Waals surface area contributed by atoms with Gasteiger partial charge in [0.25, 0.3) is 0 Å². The Morgan fingerprint density at radius 2 is 1.00 bits per heavy atom. The van der Waals surface area contributed by atoms with E-state index in [9.17, 15) is 0 Å². The second-order valence-corrected chi connectivity index (χ2v) is 8.33. The zero-order valence-electron chi connectivity index (χ0n) is 18.4. The van der Waals surface area contributed by atoms with Gasteiger partial charge < -0.3 is 0 Å². The van der Waals surface area contributed by atoms with Crippen molar-refractivity contribution in [3.8, 4) is 0 Å². The number of hydrogen-bond donors (Lipinski definition) is 0. The van der Waals surface area contributed by atoms with E-state index in [2.05, 4.69) is 52.0 Å². The highest BCUT2D eigenvalue weighted by Crippen LogP contribution is 2.26. The van der Waals surface area contributed by atoms with Crippen LogP contribution in [-0.4, -0.2) is 19.6 Å². The van der Waals surface area contributed by atoms with Crippen molar-refractivity contribution >= 4 is 5.69 Å². The first-order chi connectivity index (χ1) is 12.7. The molecule has 1 aromatic rings. The quantitative estimate of drug-likeness (QED) is 0.207. The summed E-state index contributed by atoms with van der Waals surface area (Å²) in [5.74, 6) is 0. The minimum absolute atomic E-state index is 1.20. The van der Waals surface area contributed by atoms with E-state index in [-0.39, 0.29) is 0 Å². The monoisotopic (exact) mass is 360 g/mol. The molecule has 0 aromatic heterocycles. The smallest absolute Gasteiger partial charge is 0.132 e. The van der Waals surface area contributed by atoms with Crippen molar-refractivity contribution in [2.24, 2.45) is 0 Å². The summed E-state index contributed by atoms with van der Waals surface area (Å²) in [6.07, 6.45) is 16.8. The molecule has 1 aromatic carbocycles. The van der Waals surface area contributed by atoms with Gasteiger partial charge in [0.1, 0.15) is 5.69 Å². The van der Waals surface area contributed by atoms with E-state index in [1.54, 1.807) is 0 Å². The summed E-state index contributed by atoms with van der Waals surface area (Å²) in [7, 11) is 0. The van der Waals surface area contributed by atoms with E-state index >= 15 is 0 Å². The highest BCUT2D eigenvalue weighted by atomic mass is 15.4. The maximum atomic E-state index is 2.39. The molecule has 26 heavy (non-hydrogen) atoms. The number of unbranched alkanes of at least 4 members (excludes halogenated alkanes) is 9. The summed E-state index contributed by atoms with van der Waals surface area (Å²) in [6, 6.07) is 9.37. The predicted octanol–water partition coefficient (Wildman–Crippen LogP) is 8.04. The average Bonchev–Trinajstić information content (AvgIpc) is 2.64. The van der Waals surface area contributed by atoms with Crippen LogP contribution >= 0.6 is 0 Å². The van der Waals surface area contributed by atoms with Crippen LogP contribution in [0.15, 0.2) is 24.3 Å². The van der Waals surface area contributed by atoms with Gasteiger partial charge in [-0.05, 0) is 44.7 Å². The van der Waals surface area contributed by atoms with Gasteiger partial charge in [-0.2, -0.15) is 0 Å². The van der Waals surface area contributed by atoms with Gasteiger partial charge >= 0.3 is 0 Å². The molecule has 1 nitrogen and oxygen atoms in total. The minimum atomic E-state index is 1.20. The van der Waals surface area contributed by atoms with Crippen molar-refractivity contribution in [2.45, 2.75) is 105 Å². The Morgan fingerprint density at radius 3 is 1.46 bits per heavy atom. The number of nitrogens with zero attached hydrogens (tertiary/aromatic N) is 1. The van der Waals surface area contributed by atoms with Gasteiger partial charge in [-0.3, -0.25) is 4.48 Å². The summed E-state index contributed by atoms with van der Waals surface area (Å²) in [6.45, 7) is 13.1. The lowest BCUT2D eigenvalue weighted by molar-refractivity contribution is 0.265. The first-order valence-corrected chi connectivity index (χ1v) is 11.6. The Kier molecular flexibility index (Phi) is 12.7. The van der Waals surface area contributed by atoms with Gasteiger partial charge in [0.2, 0.25) is 0 Å². The lowest BCUT2D eigenvalue weighted by Crippen LogP contribution is -2.51. The Bertz CT molecular complexity index is 428. The van der Waals surface area contributed by atoms with Crippen LogP contribution in [0.3, 0.4) is 0 Å². The predicted molar refractivity (Wildman–Crippen MR) is 120 cm³/mol. The van der Waals surface area contributed by atoms with Gasteiger partial charge in [-0.1, -0.05) is 89.8 Å². The van der Waals surface area contributed by atoms with E-state index in [1.807, 2.05) is 0 Å². The topological polar surface area (TPSA) is 0 Å². The summed E-state index contributed by atoms with van der Waals surface area (Å²) in [4.78, 5) is 0. The number of quaternary nitrogens is 1. The van der Waals surface area contributed by atoms with Crippen molar-refractivity contribution in [1.82, 2.24) is 4.48 Å². The highest BCUT2D eigenvalue weighted by molar-refractivity contribution is 5.44. The fourth-order valence-electron chi connectivity index (χ4n) is 4.34. The summed E-state index contributed by atoms with van der Waals surface area (Å²) >= 11 is 0. The lowest BCUT2D eigenvalue weighted by atomic mass is 10.1. The second kappa shape index (κ2) is 14.3. The molecule has 0 heterocycles. The van der Waals surface area contributed by atoms with Gasteiger partial charge in [0, 0.05) is 0 Å². The molecule has 0 atom stereocenters. The minimum Gasteiger partial charge on any atom is -0.291 e. The van der Waals surface area contributed by atoms with Crippen LogP contribution in [0.1, 0.15) is 103 Å². The van der Waals surface area contributed by atoms with Crippen LogP contribution < -0.4 is 4.48 Å². The average molecular weight is 361 g/mol. The molecule has 0 saturated carbocycles. The molecule has 0 aliphatic rings. The summed E-state index contributed by atoms with van der Waals surface area (Å²) in [5, 5.41) is 0. The molecule has 0 spiro atoms. The molecular weight excluding hydrogens is 314 g/mol. The van der Waals surface area contributed by atoms with Crippen LogP contribution in [-0.2, 0) is 0 Å². The van der Waals surface area contributed by atoms with Crippen LogP contribution in [0.4, 0.5) is 5.69 Å². The first kappa shape index (κ1) is 23.2. The zero-order chi connectivity index (χ0) is 19.1. The van der Waals surface area contributed by atoms with Gasteiger partial charge in [-0.25, -0.2) is 0 Å². The van der Waals surface area contributed by atoms with Gasteiger partial charge in [-0.15, -0.1) is 0 Å². The number of hydrogen-bond acceptors (Lipinski definition) is 0. The molecule has 0 amide bonds. The molecule has 1 rings (SSSR count). The molecular formula is C25H46N+. The van der Waals surface area contributed by atoms with Crippen LogP contribution in [0.25, 0.3) is 0 Å². The van der Waals surface area contributed by atoms with E-state index in [4.69, 9.17) is 0 Å². The second-order valence-electron chi connectivity index (χ2n) is 8.33. The van der Waals surface area contributed by atoms with Crippen molar-refractivity contribution in [2.75, 3.05) is 19.6 Å². The van der Waals surface area contributed by atoms with E-state index in [0.29, 0.717) is 0 Å². The maximum absolute atomic E-state index is 2.39. The van der Waals surface area contributed by atoms with Gasteiger partial charge in [0.15, 0.2) is 0 Å². The number of rotatable bonds is 16. The summed E-state index contributed by atoms with van der Waals surface area (Å²) < 4.78 is 1.20. The lowest BCUT2D eigenvalue weighted by Gasteiger charge is -2.38.